The third-order valence-corrected chi connectivity index (χ3v) is 6.67. The van der Waals surface area contributed by atoms with Gasteiger partial charge in [-0.15, -0.1) is 0 Å². The molecule has 2 aromatic carbocycles. The highest BCUT2D eigenvalue weighted by atomic mass is 16.3. The van der Waals surface area contributed by atoms with Crippen LogP contribution in [0.3, 0.4) is 0 Å². The first-order chi connectivity index (χ1) is 16.4. The van der Waals surface area contributed by atoms with E-state index in [9.17, 15) is 14.7 Å². The lowest BCUT2D eigenvalue weighted by Crippen LogP contribution is -2.36. The Morgan fingerprint density at radius 2 is 1.94 bits per heavy atom. The maximum Gasteiger partial charge on any atom is 0.251 e. The van der Waals surface area contributed by atoms with E-state index in [2.05, 4.69) is 10.3 Å². The van der Waals surface area contributed by atoms with Gasteiger partial charge in [0.15, 0.2) is 0 Å². The van der Waals surface area contributed by atoms with E-state index in [1.54, 1.807) is 19.1 Å². The Morgan fingerprint density at radius 1 is 1.21 bits per heavy atom. The number of fused-ring (bicyclic) bond motifs is 1. The van der Waals surface area contributed by atoms with E-state index in [-0.39, 0.29) is 24.3 Å². The van der Waals surface area contributed by atoms with Crippen LogP contribution in [0.25, 0.3) is 11.0 Å². The summed E-state index contributed by atoms with van der Waals surface area (Å²) in [5.41, 5.74) is 10.1. The minimum absolute atomic E-state index is 0.115. The van der Waals surface area contributed by atoms with Gasteiger partial charge >= 0.3 is 0 Å². The van der Waals surface area contributed by atoms with Crippen LogP contribution in [0.1, 0.15) is 59.4 Å². The normalized spacial score (nSPS) is 15.4. The summed E-state index contributed by atoms with van der Waals surface area (Å²) in [5.74, 6) is 1.07. The average Bonchev–Trinajstić information content (AvgIpc) is 3.29. The Bertz CT molecular complexity index is 1150. The number of nitrogens with zero attached hydrogens (tertiary/aromatic N) is 2. The van der Waals surface area contributed by atoms with E-state index in [0.29, 0.717) is 24.9 Å². The van der Waals surface area contributed by atoms with Gasteiger partial charge in [0.1, 0.15) is 5.82 Å². The van der Waals surface area contributed by atoms with Crippen molar-refractivity contribution >= 4 is 22.8 Å². The number of aryl methyl sites for hydroxylation is 1. The van der Waals surface area contributed by atoms with Crippen LogP contribution >= 0.6 is 0 Å². The summed E-state index contributed by atoms with van der Waals surface area (Å²) >= 11 is 0. The Labute approximate surface area is 199 Å². The highest BCUT2D eigenvalue weighted by Crippen LogP contribution is 2.28. The van der Waals surface area contributed by atoms with Crippen molar-refractivity contribution in [2.75, 3.05) is 19.6 Å². The molecule has 0 spiro atoms. The summed E-state index contributed by atoms with van der Waals surface area (Å²) in [4.78, 5) is 34.2. The molecular formula is C26H33N5O3. The van der Waals surface area contributed by atoms with Crippen molar-refractivity contribution in [3.63, 3.8) is 0 Å². The van der Waals surface area contributed by atoms with Gasteiger partial charge < -0.3 is 26.0 Å². The second kappa shape index (κ2) is 10.8. The summed E-state index contributed by atoms with van der Waals surface area (Å²) in [6.07, 6.45) is 2.36. The highest BCUT2D eigenvalue weighted by Gasteiger charge is 2.24. The lowest BCUT2D eigenvalue weighted by molar-refractivity contribution is -0.129. The first kappa shape index (κ1) is 23.9. The number of nitrogens with one attached hydrogen (secondary N) is 2. The second-order valence-corrected chi connectivity index (χ2v) is 9.01. The molecule has 8 nitrogen and oxygen atoms in total. The maximum atomic E-state index is 12.7. The third-order valence-electron chi connectivity index (χ3n) is 6.67. The molecule has 5 N–H and O–H groups in total. The number of piperidine rings is 1. The zero-order chi connectivity index (χ0) is 24.1. The molecule has 180 valence electrons. The maximum absolute atomic E-state index is 12.7. The molecule has 34 heavy (non-hydrogen) atoms. The number of hydrogen-bond donors (Lipinski definition) is 4. The fourth-order valence-electron chi connectivity index (χ4n) is 4.57. The molecule has 3 aromatic rings. The van der Waals surface area contributed by atoms with Crippen molar-refractivity contribution in [1.29, 1.82) is 0 Å². The number of carbonyl (C=O) groups is 2. The number of benzene rings is 2. The van der Waals surface area contributed by atoms with Gasteiger partial charge in [0, 0.05) is 44.6 Å². The highest BCUT2D eigenvalue weighted by molar-refractivity contribution is 5.97. The van der Waals surface area contributed by atoms with Gasteiger partial charge in [-0.25, -0.2) is 4.98 Å². The van der Waals surface area contributed by atoms with E-state index in [0.717, 1.165) is 53.9 Å². The zero-order valence-corrected chi connectivity index (χ0v) is 19.6. The summed E-state index contributed by atoms with van der Waals surface area (Å²) in [6, 6.07) is 13.3. The molecule has 8 heteroatoms. The summed E-state index contributed by atoms with van der Waals surface area (Å²) in [6.45, 7) is 3.74. The van der Waals surface area contributed by atoms with Crippen molar-refractivity contribution in [1.82, 2.24) is 20.2 Å². The average molecular weight is 464 g/mol. The van der Waals surface area contributed by atoms with E-state index in [4.69, 9.17) is 10.7 Å². The number of rotatable bonds is 8. The van der Waals surface area contributed by atoms with E-state index in [1.807, 2.05) is 35.2 Å². The molecule has 0 bridgehead atoms. The molecule has 1 aliphatic rings. The van der Waals surface area contributed by atoms with Crippen LogP contribution in [-0.2, 0) is 17.8 Å². The van der Waals surface area contributed by atoms with E-state index < -0.39 is 6.10 Å². The second-order valence-electron chi connectivity index (χ2n) is 9.01. The van der Waals surface area contributed by atoms with Crippen LogP contribution in [0.5, 0.6) is 0 Å². The molecule has 0 radical (unpaired) electrons. The Balaban J connectivity index is 1.31. The SMILES string of the molecule is CC(=O)N1CCC(c2nc3ccc(C(=O)NC[C@@H](O)CCc4ccccc4CN)cc3[nH]2)CC1. The van der Waals surface area contributed by atoms with E-state index in [1.165, 1.54) is 0 Å². The number of hydrogen-bond acceptors (Lipinski definition) is 5. The van der Waals surface area contributed by atoms with Gasteiger partial charge in [-0.05, 0) is 55.0 Å². The van der Waals surface area contributed by atoms with Crippen molar-refractivity contribution in [2.24, 2.45) is 5.73 Å². The molecule has 1 saturated heterocycles. The number of imidazole rings is 1. The molecule has 2 heterocycles. The zero-order valence-electron chi connectivity index (χ0n) is 19.6. The molecule has 1 atom stereocenters. The summed E-state index contributed by atoms with van der Waals surface area (Å²) in [5, 5.41) is 13.2. The Hall–Kier alpha value is -3.23. The smallest absolute Gasteiger partial charge is 0.251 e. The fourth-order valence-corrected chi connectivity index (χ4v) is 4.57. The standard InChI is InChI=1S/C26H33N5O3/c1-17(32)31-12-10-19(11-13-31)25-29-23-9-7-20(14-24(23)30-25)26(34)28-16-22(33)8-6-18-4-2-3-5-21(18)15-27/h2-5,7,9,14,19,22,33H,6,8,10-13,15-16,27H2,1H3,(H,28,34)(H,29,30)/t22-/m0/s1. The van der Waals surface area contributed by atoms with Gasteiger partial charge in [0.05, 0.1) is 17.1 Å². The Kier molecular flexibility index (Phi) is 7.59. The number of likely N-dealkylation sites (tertiary alicyclic amines) is 1. The van der Waals surface area contributed by atoms with Crippen LogP contribution in [0, 0.1) is 0 Å². The van der Waals surface area contributed by atoms with Gasteiger partial charge in [0.25, 0.3) is 5.91 Å². The van der Waals surface area contributed by atoms with Gasteiger partial charge in [-0.1, -0.05) is 24.3 Å². The number of aliphatic hydroxyl groups excluding tert-OH is 1. The van der Waals surface area contributed by atoms with Crippen LogP contribution in [0.15, 0.2) is 42.5 Å². The van der Waals surface area contributed by atoms with Crippen molar-refractivity contribution in [3.05, 3.63) is 65.0 Å². The molecule has 1 aliphatic heterocycles. The topological polar surface area (TPSA) is 124 Å². The fraction of sp³-hybridized carbons (Fsp3) is 0.423. The van der Waals surface area contributed by atoms with Crippen molar-refractivity contribution < 1.29 is 14.7 Å². The number of nitrogens with two attached hydrogens (primary N) is 1. The lowest BCUT2D eigenvalue weighted by atomic mass is 9.96. The predicted octanol–water partition coefficient (Wildman–Crippen LogP) is 2.47. The molecule has 0 saturated carbocycles. The first-order valence-corrected chi connectivity index (χ1v) is 11.9. The molecular weight excluding hydrogens is 430 g/mol. The molecule has 2 amide bonds. The van der Waals surface area contributed by atoms with Crippen LogP contribution in [-0.4, -0.2) is 57.5 Å². The predicted molar refractivity (Wildman–Crippen MR) is 131 cm³/mol. The minimum Gasteiger partial charge on any atom is -0.391 e. The third kappa shape index (κ3) is 5.63. The number of amides is 2. The van der Waals surface area contributed by atoms with Crippen molar-refractivity contribution in [3.8, 4) is 0 Å². The van der Waals surface area contributed by atoms with Gasteiger partial charge in [0.2, 0.25) is 5.91 Å². The number of aromatic amines is 1. The number of aliphatic hydroxyl groups is 1. The monoisotopic (exact) mass is 463 g/mol. The number of H-pyrrole nitrogens is 1. The van der Waals surface area contributed by atoms with Gasteiger partial charge in [-0.3, -0.25) is 9.59 Å². The molecule has 0 aliphatic carbocycles. The number of aromatic nitrogens is 2. The van der Waals surface area contributed by atoms with Crippen LogP contribution < -0.4 is 11.1 Å². The first-order valence-electron chi connectivity index (χ1n) is 11.9. The number of carbonyl (C=O) groups excluding carboxylic acids is 2. The van der Waals surface area contributed by atoms with Gasteiger partial charge in [-0.2, -0.15) is 0 Å². The Morgan fingerprint density at radius 3 is 2.65 bits per heavy atom. The van der Waals surface area contributed by atoms with Crippen LogP contribution in [0.4, 0.5) is 0 Å². The van der Waals surface area contributed by atoms with E-state index >= 15 is 0 Å². The largest absolute Gasteiger partial charge is 0.391 e. The summed E-state index contributed by atoms with van der Waals surface area (Å²) < 4.78 is 0. The minimum atomic E-state index is -0.641. The molecule has 4 rings (SSSR count). The summed E-state index contributed by atoms with van der Waals surface area (Å²) in [7, 11) is 0. The lowest BCUT2D eigenvalue weighted by Gasteiger charge is -2.30. The van der Waals surface area contributed by atoms with Crippen molar-refractivity contribution in [2.45, 2.75) is 51.2 Å². The molecule has 0 unspecified atom stereocenters. The molecule has 1 fully saturated rings. The molecule has 1 aromatic heterocycles. The quantitative estimate of drug-likeness (QED) is 0.409. The van der Waals surface area contributed by atoms with Crippen LogP contribution in [0.2, 0.25) is 0 Å².